The molecule has 1 saturated carbocycles. The van der Waals surface area contributed by atoms with Crippen molar-refractivity contribution in [3.63, 3.8) is 0 Å². The highest BCUT2D eigenvalue weighted by Gasteiger charge is 2.59. The van der Waals surface area contributed by atoms with Gasteiger partial charge in [0, 0.05) is 31.7 Å². The third-order valence-electron chi connectivity index (χ3n) is 8.97. The first-order valence-corrected chi connectivity index (χ1v) is 15.5. The van der Waals surface area contributed by atoms with Crippen molar-refractivity contribution in [2.24, 2.45) is 17.3 Å². The Hall–Kier alpha value is -2.63. The van der Waals surface area contributed by atoms with Crippen molar-refractivity contribution in [1.82, 2.24) is 4.31 Å². The number of hydrogen-bond donors (Lipinski definition) is 0. The highest BCUT2D eigenvalue weighted by molar-refractivity contribution is 7.89. The maximum Gasteiger partial charge on any atom is 0.289 e. The normalized spacial score (nSPS) is 29.1. The molecule has 1 aliphatic heterocycles. The van der Waals surface area contributed by atoms with Gasteiger partial charge < -0.3 is 14.2 Å². The zero-order valence-electron chi connectivity index (χ0n) is 22.9. The third kappa shape index (κ3) is 5.60. The van der Waals surface area contributed by atoms with Gasteiger partial charge in [-0.15, -0.1) is 0 Å². The van der Waals surface area contributed by atoms with Crippen molar-refractivity contribution in [1.29, 1.82) is 0 Å². The highest BCUT2D eigenvalue weighted by Crippen LogP contribution is 2.60. The van der Waals surface area contributed by atoms with Gasteiger partial charge in [0.1, 0.15) is 6.79 Å². The molecule has 0 bridgehead atoms. The summed E-state index contributed by atoms with van der Waals surface area (Å²) >= 11 is 0. The zero-order chi connectivity index (χ0) is 28.2. The van der Waals surface area contributed by atoms with E-state index >= 15 is 0 Å². The van der Waals surface area contributed by atoms with Gasteiger partial charge in [0.15, 0.2) is 4.90 Å². The Bertz CT molecular complexity index is 1300. The van der Waals surface area contributed by atoms with Gasteiger partial charge in [-0.3, -0.25) is 10.1 Å². The summed E-state index contributed by atoms with van der Waals surface area (Å²) in [6.45, 7) is 1.31. The van der Waals surface area contributed by atoms with Crippen LogP contribution < -0.4 is 0 Å². The zero-order valence-corrected chi connectivity index (χ0v) is 23.7. The molecular formula is C30H38N2O7S. The maximum absolute atomic E-state index is 13.7. The average Bonchev–Trinajstić information content (AvgIpc) is 3.31. The van der Waals surface area contributed by atoms with E-state index in [0.717, 1.165) is 31.2 Å². The maximum atomic E-state index is 13.7. The van der Waals surface area contributed by atoms with Crippen LogP contribution in [-0.2, 0) is 30.8 Å². The Morgan fingerprint density at radius 3 is 2.58 bits per heavy atom. The number of sulfonamides is 1. The minimum absolute atomic E-state index is 0.0251. The van der Waals surface area contributed by atoms with E-state index in [1.165, 1.54) is 28.6 Å². The lowest BCUT2D eigenvalue weighted by molar-refractivity contribution is -0.387. The van der Waals surface area contributed by atoms with Crippen LogP contribution in [0.5, 0.6) is 0 Å². The predicted molar refractivity (Wildman–Crippen MR) is 150 cm³/mol. The van der Waals surface area contributed by atoms with E-state index in [1.54, 1.807) is 7.11 Å². The number of ether oxygens (including phenoxy) is 3. The summed E-state index contributed by atoms with van der Waals surface area (Å²) in [4.78, 5) is 10.7. The van der Waals surface area contributed by atoms with Crippen LogP contribution >= 0.6 is 0 Å². The van der Waals surface area contributed by atoms with Gasteiger partial charge in [0.05, 0.1) is 23.7 Å². The Kier molecular flexibility index (Phi) is 9.01. The Morgan fingerprint density at radius 1 is 1.05 bits per heavy atom. The summed E-state index contributed by atoms with van der Waals surface area (Å²) < 4.78 is 47.0. The van der Waals surface area contributed by atoms with Crippen molar-refractivity contribution in [2.75, 3.05) is 27.0 Å². The number of rotatable bonds is 9. The summed E-state index contributed by atoms with van der Waals surface area (Å²) in [7, 11) is -2.42. The van der Waals surface area contributed by atoms with Gasteiger partial charge >= 0.3 is 0 Å². The third-order valence-corrected chi connectivity index (χ3v) is 10.9. The van der Waals surface area contributed by atoms with E-state index in [9.17, 15) is 18.5 Å². The Labute approximate surface area is 236 Å². The topological polar surface area (TPSA) is 108 Å². The van der Waals surface area contributed by atoms with Gasteiger partial charge in [-0.25, -0.2) is 8.42 Å². The molecule has 5 atom stereocenters. The van der Waals surface area contributed by atoms with E-state index in [0.29, 0.717) is 38.5 Å². The van der Waals surface area contributed by atoms with Gasteiger partial charge in [-0.05, 0) is 62.0 Å². The van der Waals surface area contributed by atoms with Crippen molar-refractivity contribution in [3.05, 3.63) is 82.4 Å². The summed E-state index contributed by atoms with van der Waals surface area (Å²) in [6, 6.07) is 15.8. The second-order valence-corrected chi connectivity index (χ2v) is 12.9. The number of nitro groups is 1. The number of allylic oxidation sites excluding steroid dienone is 1. The molecule has 2 aliphatic carbocycles. The van der Waals surface area contributed by atoms with Gasteiger partial charge in [0.25, 0.3) is 5.69 Å². The first-order chi connectivity index (χ1) is 19.4. The van der Waals surface area contributed by atoms with Crippen LogP contribution in [0.3, 0.4) is 0 Å². The number of hydrogen-bond acceptors (Lipinski definition) is 7. The van der Waals surface area contributed by atoms with Crippen LogP contribution in [0.1, 0.15) is 44.1 Å². The molecule has 216 valence electrons. The number of para-hydroxylation sites is 1. The summed E-state index contributed by atoms with van der Waals surface area (Å²) in [5.41, 5.74) is 0.534. The first-order valence-electron chi connectivity index (χ1n) is 14.0. The molecule has 0 unspecified atom stereocenters. The van der Waals surface area contributed by atoms with E-state index in [2.05, 4.69) is 24.3 Å². The molecule has 1 heterocycles. The van der Waals surface area contributed by atoms with E-state index in [-0.39, 0.29) is 35.2 Å². The number of nitrogens with zero attached hydrogens (tertiary/aromatic N) is 2. The second-order valence-electron chi connectivity index (χ2n) is 11.0. The van der Waals surface area contributed by atoms with Crippen LogP contribution in [0.15, 0.2) is 71.6 Å². The second kappa shape index (κ2) is 12.5. The minimum Gasteiger partial charge on any atom is -0.373 e. The van der Waals surface area contributed by atoms with Gasteiger partial charge in [-0.1, -0.05) is 54.6 Å². The fraction of sp³-hybridized carbons (Fsp3) is 0.533. The van der Waals surface area contributed by atoms with E-state index in [1.807, 2.05) is 18.2 Å². The van der Waals surface area contributed by atoms with Crippen LogP contribution in [0.4, 0.5) is 5.69 Å². The summed E-state index contributed by atoms with van der Waals surface area (Å²) in [5, 5.41) is 11.6. The molecular weight excluding hydrogens is 532 g/mol. The molecule has 2 aromatic rings. The Morgan fingerprint density at radius 2 is 1.80 bits per heavy atom. The van der Waals surface area contributed by atoms with Crippen LogP contribution in [0.25, 0.3) is 0 Å². The minimum atomic E-state index is -4.04. The van der Waals surface area contributed by atoms with E-state index < -0.39 is 20.6 Å². The van der Waals surface area contributed by atoms with Crippen molar-refractivity contribution in [3.8, 4) is 0 Å². The predicted octanol–water partition coefficient (Wildman–Crippen LogP) is 5.32. The molecule has 10 heteroatoms. The first kappa shape index (κ1) is 28.9. The molecule has 9 nitrogen and oxygen atoms in total. The van der Waals surface area contributed by atoms with Gasteiger partial charge in [0.2, 0.25) is 10.0 Å². The molecule has 2 fully saturated rings. The van der Waals surface area contributed by atoms with Crippen molar-refractivity contribution in [2.45, 2.75) is 62.2 Å². The molecule has 0 N–H and O–H groups in total. The molecule has 1 spiro atoms. The van der Waals surface area contributed by atoms with Crippen LogP contribution in [0.2, 0.25) is 0 Å². The molecule has 40 heavy (non-hydrogen) atoms. The molecule has 3 aliphatic rings. The largest absolute Gasteiger partial charge is 0.373 e. The monoisotopic (exact) mass is 570 g/mol. The number of nitro benzene ring substituents is 1. The fourth-order valence-corrected chi connectivity index (χ4v) is 8.96. The number of benzene rings is 2. The Balaban J connectivity index is 1.43. The standard InChI is InChI=1S/C30H38N2O7S/c1-37-22-39-29-16-7-12-24-20-27(38-21-23-10-3-2-4-11-23)25-13-8-18-31(19-9-17-30(24,25)29)40(35,36)28-15-6-5-14-26(28)32(33)34/h2-7,10-11,14-16,24-25,27,29H,8-9,12-13,17-22H2,1H3/t24-,25-,27+,29+,30-/m0/s1. The SMILES string of the molecule is COCO[C@@H]1C=CC[C@H]2C[C@@H](OCc3ccccc3)[C@@H]3CCCN(S(=O)(=O)c4ccccc4[N+](=O)[O-])CCC[C@@]213. The molecule has 0 amide bonds. The lowest BCUT2D eigenvalue weighted by atomic mass is 9.61. The van der Waals surface area contributed by atoms with Crippen molar-refractivity contribution >= 4 is 15.7 Å². The lowest BCUT2D eigenvalue weighted by Gasteiger charge is -2.47. The van der Waals surface area contributed by atoms with E-state index in [4.69, 9.17) is 14.2 Å². The highest BCUT2D eigenvalue weighted by atomic mass is 32.2. The average molecular weight is 571 g/mol. The molecule has 2 aromatic carbocycles. The molecule has 1 saturated heterocycles. The van der Waals surface area contributed by atoms with Crippen molar-refractivity contribution < 1.29 is 27.6 Å². The number of methoxy groups -OCH3 is 1. The smallest absolute Gasteiger partial charge is 0.289 e. The summed E-state index contributed by atoms with van der Waals surface area (Å²) in [6.07, 6.45) is 8.90. The summed E-state index contributed by atoms with van der Waals surface area (Å²) in [5.74, 6) is 0.533. The molecule has 0 aromatic heterocycles. The van der Waals surface area contributed by atoms with Crippen LogP contribution in [-0.4, -0.2) is 56.8 Å². The molecule has 5 rings (SSSR count). The fourth-order valence-electron chi connectivity index (χ4n) is 7.28. The quantitative estimate of drug-likeness (QED) is 0.174. The van der Waals surface area contributed by atoms with Gasteiger partial charge in [-0.2, -0.15) is 4.31 Å². The van der Waals surface area contributed by atoms with Crippen LogP contribution in [0, 0.1) is 27.4 Å². The lowest BCUT2D eigenvalue weighted by Crippen LogP contribution is -2.47. The molecule has 0 radical (unpaired) electrons.